The lowest BCUT2D eigenvalue weighted by atomic mass is 9.98. The van der Waals surface area contributed by atoms with Gasteiger partial charge in [-0.05, 0) is 75.5 Å². The zero-order valence-corrected chi connectivity index (χ0v) is 22.8. The molecule has 0 N–H and O–H groups in total. The Kier molecular flexibility index (Phi) is 5.79. The van der Waals surface area contributed by atoms with Gasteiger partial charge >= 0.3 is 0 Å². The minimum atomic E-state index is 0.832. The molecule has 0 atom stereocenters. The number of aromatic nitrogens is 1. The number of pyridine rings is 1. The van der Waals surface area contributed by atoms with Crippen LogP contribution in [0.5, 0.6) is 0 Å². The number of nitrogens with zero attached hydrogens (tertiary/aromatic N) is 2. The van der Waals surface area contributed by atoms with Gasteiger partial charge in [0.05, 0.1) is 11.1 Å². The highest BCUT2D eigenvalue weighted by atomic mass is 16.3. The Hall–Kier alpha value is -5.67. The average Bonchev–Trinajstić information content (AvgIpc) is 3.45. The molecule has 0 unspecified atom stereocenters. The number of rotatable bonds is 5. The minimum absolute atomic E-state index is 0.832. The molecule has 0 saturated carbocycles. The van der Waals surface area contributed by atoms with Gasteiger partial charge in [-0.25, -0.2) is 0 Å². The monoisotopic (exact) mass is 538 g/mol. The van der Waals surface area contributed by atoms with Crippen molar-refractivity contribution in [2.45, 2.75) is 0 Å². The zero-order chi connectivity index (χ0) is 27.9. The molecule has 8 aromatic rings. The average molecular weight is 539 g/mol. The van der Waals surface area contributed by atoms with Crippen molar-refractivity contribution in [1.82, 2.24) is 4.98 Å². The van der Waals surface area contributed by atoms with Crippen LogP contribution in [0.2, 0.25) is 0 Å². The summed E-state index contributed by atoms with van der Waals surface area (Å²) >= 11 is 0. The second-order valence-corrected chi connectivity index (χ2v) is 10.4. The van der Waals surface area contributed by atoms with Crippen molar-refractivity contribution in [1.29, 1.82) is 0 Å². The molecule has 0 spiro atoms. The Morgan fingerprint density at radius 3 is 1.95 bits per heavy atom. The zero-order valence-electron chi connectivity index (χ0n) is 22.8. The topological polar surface area (TPSA) is 29.3 Å². The first-order valence-electron chi connectivity index (χ1n) is 14.1. The van der Waals surface area contributed by atoms with E-state index in [1.54, 1.807) is 6.20 Å². The van der Waals surface area contributed by atoms with Gasteiger partial charge in [-0.1, -0.05) is 103 Å². The van der Waals surface area contributed by atoms with Crippen molar-refractivity contribution in [3.8, 4) is 22.3 Å². The standard InChI is InChI=1S/C39H26N2O/c1-2-8-27(9-3-1)28-16-20-31(21-17-28)41(36-14-7-15-38-39(36)35-26-40-25-24-37(35)42-38)32-22-18-30(19-23-32)34-13-6-11-29-10-4-5-12-33(29)34/h1-26H. The Morgan fingerprint density at radius 1 is 0.476 bits per heavy atom. The summed E-state index contributed by atoms with van der Waals surface area (Å²) in [7, 11) is 0. The highest BCUT2D eigenvalue weighted by Crippen LogP contribution is 2.43. The second kappa shape index (κ2) is 10.1. The van der Waals surface area contributed by atoms with Gasteiger partial charge in [0.15, 0.2) is 0 Å². The summed E-state index contributed by atoms with van der Waals surface area (Å²) in [6.45, 7) is 0. The molecule has 2 heterocycles. The van der Waals surface area contributed by atoms with Crippen LogP contribution in [0.3, 0.4) is 0 Å². The lowest BCUT2D eigenvalue weighted by Crippen LogP contribution is -2.10. The van der Waals surface area contributed by atoms with E-state index in [-0.39, 0.29) is 0 Å². The third-order valence-electron chi connectivity index (χ3n) is 7.97. The first-order chi connectivity index (χ1) is 20.8. The maximum atomic E-state index is 6.24. The molecule has 0 amide bonds. The largest absolute Gasteiger partial charge is 0.456 e. The van der Waals surface area contributed by atoms with Gasteiger partial charge in [-0.15, -0.1) is 0 Å². The Morgan fingerprint density at radius 2 is 1.14 bits per heavy atom. The molecule has 42 heavy (non-hydrogen) atoms. The fourth-order valence-corrected chi connectivity index (χ4v) is 5.97. The summed E-state index contributed by atoms with van der Waals surface area (Å²) in [5.74, 6) is 0. The van der Waals surface area contributed by atoms with Crippen LogP contribution in [0.15, 0.2) is 162 Å². The van der Waals surface area contributed by atoms with Crippen LogP contribution >= 0.6 is 0 Å². The van der Waals surface area contributed by atoms with Crippen LogP contribution < -0.4 is 4.90 Å². The maximum absolute atomic E-state index is 6.24. The molecule has 0 aliphatic heterocycles. The molecule has 6 aromatic carbocycles. The third kappa shape index (κ3) is 4.11. The van der Waals surface area contributed by atoms with Crippen molar-refractivity contribution >= 4 is 49.8 Å². The lowest BCUT2D eigenvalue weighted by Gasteiger charge is -2.26. The number of hydrogen-bond acceptors (Lipinski definition) is 3. The van der Waals surface area contributed by atoms with E-state index in [9.17, 15) is 0 Å². The molecular formula is C39H26N2O. The van der Waals surface area contributed by atoms with Gasteiger partial charge in [-0.2, -0.15) is 0 Å². The van der Waals surface area contributed by atoms with Crippen LogP contribution in [-0.2, 0) is 0 Å². The highest BCUT2D eigenvalue weighted by molar-refractivity contribution is 6.13. The van der Waals surface area contributed by atoms with Crippen molar-refractivity contribution < 1.29 is 4.42 Å². The summed E-state index contributed by atoms with van der Waals surface area (Å²) in [5, 5.41) is 4.54. The van der Waals surface area contributed by atoms with Crippen molar-refractivity contribution in [2.75, 3.05) is 4.90 Å². The van der Waals surface area contributed by atoms with Gasteiger partial charge in [0.2, 0.25) is 0 Å². The molecule has 3 heteroatoms. The summed E-state index contributed by atoms with van der Waals surface area (Å²) in [5.41, 5.74) is 9.65. The van der Waals surface area contributed by atoms with Crippen molar-refractivity contribution in [3.63, 3.8) is 0 Å². The first kappa shape index (κ1) is 24.2. The third-order valence-corrected chi connectivity index (χ3v) is 7.97. The highest BCUT2D eigenvalue weighted by Gasteiger charge is 2.19. The summed E-state index contributed by atoms with van der Waals surface area (Å²) in [6, 6.07) is 51.3. The van der Waals surface area contributed by atoms with Crippen LogP contribution in [0.4, 0.5) is 17.1 Å². The number of hydrogen-bond donors (Lipinski definition) is 0. The van der Waals surface area contributed by atoms with Crippen molar-refractivity contribution in [2.24, 2.45) is 0 Å². The summed E-state index contributed by atoms with van der Waals surface area (Å²) in [6.07, 6.45) is 3.67. The molecule has 0 aliphatic carbocycles. The first-order valence-corrected chi connectivity index (χ1v) is 14.1. The predicted molar refractivity (Wildman–Crippen MR) is 175 cm³/mol. The molecule has 8 rings (SSSR count). The molecule has 0 fully saturated rings. The molecule has 0 saturated heterocycles. The Bertz CT molecular complexity index is 2170. The normalized spacial score (nSPS) is 11.3. The van der Waals surface area contributed by atoms with Crippen LogP contribution in [0.25, 0.3) is 55.0 Å². The van der Waals surface area contributed by atoms with Crippen LogP contribution in [0.1, 0.15) is 0 Å². The van der Waals surface area contributed by atoms with Crippen LogP contribution in [-0.4, -0.2) is 4.98 Å². The number of furan rings is 1. The van der Waals surface area contributed by atoms with E-state index in [1.807, 2.05) is 24.4 Å². The molecular weight excluding hydrogens is 512 g/mol. The van der Waals surface area contributed by atoms with E-state index in [0.717, 1.165) is 39.0 Å². The number of fused-ring (bicyclic) bond motifs is 4. The van der Waals surface area contributed by atoms with Gasteiger partial charge in [-0.3, -0.25) is 4.98 Å². The number of anilines is 3. The van der Waals surface area contributed by atoms with Gasteiger partial charge in [0.25, 0.3) is 0 Å². The fraction of sp³-hybridized carbons (Fsp3) is 0. The van der Waals surface area contributed by atoms with E-state index >= 15 is 0 Å². The minimum Gasteiger partial charge on any atom is -0.456 e. The van der Waals surface area contributed by atoms with Crippen molar-refractivity contribution in [3.05, 3.63) is 158 Å². The molecule has 0 aliphatic rings. The maximum Gasteiger partial charge on any atom is 0.138 e. The smallest absolute Gasteiger partial charge is 0.138 e. The van der Waals surface area contributed by atoms with E-state index < -0.39 is 0 Å². The predicted octanol–water partition coefficient (Wildman–Crippen LogP) is 10.9. The van der Waals surface area contributed by atoms with Gasteiger partial charge in [0, 0.05) is 29.2 Å². The lowest BCUT2D eigenvalue weighted by molar-refractivity contribution is 0.668. The van der Waals surface area contributed by atoms with Gasteiger partial charge in [0.1, 0.15) is 11.2 Å². The molecule has 198 valence electrons. The summed E-state index contributed by atoms with van der Waals surface area (Å²) in [4.78, 5) is 6.73. The molecule has 3 nitrogen and oxygen atoms in total. The van der Waals surface area contributed by atoms with Gasteiger partial charge < -0.3 is 9.32 Å². The van der Waals surface area contributed by atoms with Crippen LogP contribution in [0, 0.1) is 0 Å². The Labute approximate surface area is 243 Å². The molecule has 0 radical (unpaired) electrons. The van der Waals surface area contributed by atoms with E-state index in [1.165, 1.54) is 33.0 Å². The SMILES string of the molecule is c1ccc(-c2ccc(N(c3ccc(-c4cccc5ccccc45)cc3)c3cccc4oc5ccncc5c34)cc2)cc1. The fourth-order valence-electron chi connectivity index (χ4n) is 5.97. The Balaban J connectivity index is 1.29. The quantitative estimate of drug-likeness (QED) is 0.218. The molecule has 2 aromatic heterocycles. The van der Waals surface area contributed by atoms with E-state index in [4.69, 9.17) is 4.42 Å². The van der Waals surface area contributed by atoms with E-state index in [2.05, 4.69) is 137 Å². The van der Waals surface area contributed by atoms with E-state index in [0.29, 0.717) is 0 Å². The summed E-state index contributed by atoms with van der Waals surface area (Å²) < 4.78 is 6.24. The second-order valence-electron chi connectivity index (χ2n) is 10.4. The molecule has 0 bridgehead atoms. The number of benzene rings is 6.